The van der Waals surface area contributed by atoms with Gasteiger partial charge in [0.1, 0.15) is 11.5 Å². The molecule has 0 amide bonds. The van der Waals surface area contributed by atoms with Gasteiger partial charge in [0.15, 0.2) is 0 Å². The van der Waals surface area contributed by atoms with Crippen molar-refractivity contribution < 1.29 is 17.9 Å². The van der Waals surface area contributed by atoms with Gasteiger partial charge in [0, 0.05) is 18.0 Å². The Balaban J connectivity index is 2.05. The molecule has 0 bridgehead atoms. The van der Waals surface area contributed by atoms with E-state index >= 15 is 0 Å². The molecule has 2 aromatic carbocycles. The molecule has 1 aromatic heterocycles. The average molecular weight is 350 g/mol. The fourth-order valence-electron chi connectivity index (χ4n) is 2.24. The molecule has 0 N–H and O–H groups in total. The summed E-state index contributed by atoms with van der Waals surface area (Å²) in [6.45, 7) is 0. The number of halogens is 4. The largest absolute Gasteiger partial charge is 0.457 e. The third kappa shape index (κ3) is 3.51. The van der Waals surface area contributed by atoms with Crippen molar-refractivity contribution in [1.82, 2.24) is 4.98 Å². The minimum Gasteiger partial charge on any atom is -0.457 e. The maximum absolute atomic E-state index is 13.1. The Morgan fingerprint density at radius 3 is 2.33 bits per heavy atom. The lowest BCUT2D eigenvalue weighted by Crippen LogP contribution is -2.06. The van der Waals surface area contributed by atoms with Gasteiger partial charge >= 0.3 is 6.18 Å². The Bertz CT molecular complexity index is 850. The lowest BCUT2D eigenvalue weighted by Gasteiger charge is -2.14. The summed E-state index contributed by atoms with van der Waals surface area (Å²) < 4.78 is 45.0. The number of nitrogens with zero attached hydrogens (tertiary/aromatic N) is 1. The highest BCUT2D eigenvalue weighted by atomic mass is 35.5. The normalized spacial score (nSPS) is 11.3. The molecule has 3 rings (SSSR count). The molecular formula is C18H11ClF3NO. The first kappa shape index (κ1) is 16.3. The topological polar surface area (TPSA) is 22.1 Å². The van der Waals surface area contributed by atoms with Crippen LogP contribution in [0.15, 0.2) is 67.0 Å². The standard InChI is InChI=1S/C18H11ClF3NO/c19-16-6-5-12(11-15(16)18(20,21)22)14-3-1-2-4-17(14)24-13-7-9-23-10-8-13/h1-11H. The van der Waals surface area contributed by atoms with Crippen LogP contribution in [0.5, 0.6) is 11.5 Å². The minimum absolute atomic E-state index is 0.334. The summed E-state index contributed by atoms with van der Waals surface area (Å²) in [7, 11) is 0. The van der Waals surface area contributed by atoms with E-state index in [2.05, 4.69) is 4.98 Å². The summed E-state index contributed by atoms with van der Waals surface area (Å²) in [6, 6.07) is 14.0. The molecule has 0 saturated heterocycles. The zero-order chi connectivity index (χ0) is 17.2. The van der Waals surface area contributed by atoms with Crippen molar-refractivity contribution >= 4 is 11.6 Å². The summed E-state index contributed by atoms with van der Waals surface area (Å²) in [4.78, 5) is 3.90. The molecule has 0 aliphatic rings. The quantitative estimate of drug-likeness (QED) is 0.560. The number of rotatable bonds is 3. The van der Waals surface area contributed by atoms with E-state index in [-0.39, 0.29) is 5.02 Å². The second-order valence-electron chi connectivity index (χ2n) is 4.97. The third-order valence-corrected chi connectivity index (χ3v) is 3.68. The summed E-state index contributed by atoms with van der Waals surface area (Å²) in [5.41, 5.74) is 0.0354. The van der Waals surface area contributed by atoms with E-state index in [4.69, 9.17) is 16.3 Å². The van der Waals surface area contributed by atoms with E-state index in [1.807, 2.05) is 0 Å². The predicted molar refractivity (Wildman–Crippen MR) is 86.2 cm³/mol. The Morgan fingerprint density at radius 2 is 1.62 bits per heavy atom. The van der Waals surface area contributed by atoms with Crippen molar-refractivity contribution in [3.05, 3.63) is 77.6 Å². The molecule has 0 saturated carbocycles. The van der Waals surface area contributed by atoms with Crippen molar-refractivity contribution in [3.8, 4) is 22.6 Å². The van der Waals surface area contributed by atoms with Crippen LogP contribution >= 0.6 is 11.6 Å². The summed E-state index contributed by atoms with van der Waals surface area (Å²) >= 11 is 5.68. The van der Waals surface area contributed by atoms with Gasteiger partial charge in [-0.3, -0.25) is 4.98 Å². The molecular weight excluding hydrogens is 339 g/mol. The molecule has 0 spiro atoms. The molecule has 24 heavy (non-hydrogen) atoms. The van der Waals surface area contributed by atoms with Crippen molar-refractivity contribution in [1.29, 1.82) is 0 Å². The van der Waals surface area contributed by atoms with E-state index in [1.165, 1.54) is 12.1 Å². The molecule has 0 fully saturated rings. The van der Waals surface area contributed by atoms with E-state index in [0.717, 1.165) is 6.07 Å². The van der Waals surface area contributed by atoms with Gasteiger partial charge < -0.3 is 4.74 Å². The summed E-state index contributed by atoms with van der Waals surface area (Å²) in [5, 5.41) is -0.334. The van der Waals surface area contributed by atoms with Gasteiger partial charge in [-0.2, -0.15) is 13.2 Å². The number of ether oxygens (including phenoxy) is 1. The van der Waals surface area contributed by atoms with E-state index in [1.54, 1.807) is 48.8 Å². The van der Waals surface area contributed by atoms with Crippen molar-refractivity contribution in [2.24, 2.45) is 0 Å². The zero-order valence-corrected chi connectivity index (χ0v) is 13.0. The van der Waals surface area contributed by atoms with Crippen molar-refractivity contribution in [3.63, 3.8) is 0 Å². The SMILES string of the molecule is FC(F)(F)c1cc(-c2ccccc2Oc2ccncc2)ccc1Cl. The van der Waals surface area contributed by atoms with Crippen LogP contribution in [0.1, 0.15) is 5.56 Å². The lowest BCUT2D eigenvalue weighted by atomic mass is 10.0. The van der Waals surface area contributed by atoms with Crippen LogP contribution in [0.25, 0.3) is 11.1 Å². The van der Waals surface area contributed by atoms with Gasteiger partial charge in [0.2, 0.25) is 0 Å². The number of pyridine rings is 1. The smallest absolute Gasteiger partial charge is 0.417 e. The second kappa shape index (κ2) is 6.53. The monoisotopic (exact) mass is 349 g/mol. The second-order valence-corrected chi connectivity index (χ2v) is 5.38. The van der Waals surface area contributed by atoms with Gasteiger partial charge in [0.25, 0.3) is 0 Å². The van der Waals surface area contributed by atoms with Crippen LogP contribution in [-0.4, -0.2) is 4.98 Å². The number of hydrogen-bond donors (Lipinski definition) is 0. The van der Waals surface area contributed by atoms with Crippen molar-refractivity contribution in [2.45, 2.75) is 6.18 Å². The van der Waals surface area contributed by atoms with E-state index < -0.39 is 11.7 Å². The third-order valence-electron chi connectivity index (χ3n) is 3.35. The van der Waals surface area contributed by atoms with E-state index in [0.29, 0.717) is 22.6 Å². The fraction of sp³-hybridized carbons (Fsp3) is 0.0556. The van der Waals surface area contributed by atoms with Crippen LogP contribution in [-0.2, 0) is 6.18 Å². The molecule has 0 unspecified atom stereocenters. The molecule has 122 valence electrons. The Kier molecular flexibility index (Phi) is 4.44. The molecule has 3 aromatic rings. The molecule has 0 aliphatic carbocycles. The fourth-order valence-corrected chi connectivity index (χ4v) is 2.46. The Labute approximate surface area is 141 Å². The number of benzene rings is 2. The predicted octanol–water partition coefficient (Wildman–Crippen LogP) is 6.21. The van der Waals surface area contributed by atoms with E-state index in [9.17, 15) is 13.2 Å². The van der Waals surface area contributed by atoms with Gasteiger partial charge in [0.05, 0.1) is 10.6 Å². The highest BCUT2D eigenvalue weighted by Gasteiger charge is 2.33. The molecule has 0 aliphatic heterocycles. The van der Waals surface area contributed by atoms with Crippen LogP contribution in [0, 0.1) is 0 Å². The van der Waals surface area contributed by atoms with Crippen LogP contribution < -0.4 is 4.74 Å². The minimum atomic E-state index is -4.52. The summed E-state index contributed by atoms with van der Waals surface area (Å²) in [6.07, 6.45) is -1.38. The van der Waals surface area contributed by atoms with Gasteiger partial charge in [-0.1, -0.05) is 35.9 Å². The lowest BCUT2D eigenvalue weighted by molar-refractivity contribution is -0.137. The molecule has 2 nitrogen and oxygen atoms in total. The number of para-hydroxylation sites is 1. The van der Waals surface area contributed by atoms with Crippen molar-refractivity contribution in [2.75, 3.05) is 0 Å². The van der Waals surface area contributed by atoms with Crippen LogP contribution in [0.3, 0.4) is 0 Å². The van der Waals surface area contributed by atoms with Crippen LogP contribution in [0.2, 0.25) is 5.02 Å². The molecule has 6 heteroatoms. The average Bonchev–Trinajstić information content (AvgIpc) is 2.56. The molecule has 0 radical (unpaired) electrons. The molecule has 0 atom stereocenters. The van der Waals surface area contributed by atoms with Gasteiger partial charge in [-0.25, -0.2) is 0 Å². The maximum atomic E-state index is 13.1. The first-order valence-electron chi connectivity index (χ1n) is 6.99. The maximum Gasteiger partial charge on any atom is 0.417 e. The highest BCUT2D eigenvalue weighted by Crippen LogP contribution is 2.39. The number of hydrogen-bond acceptors (Lipinski definition) is 2. The van der Waals surface area contributed by atoms with Gasteiger partial charge in [-0.05, 0) is 35.9 Å². The number of aromatic nitrogens is 1. The Hall–Kier alpha value is -2.53. The zero-order valence-electron chi connectivity index (χ0n) is 12.2. The molecule has 1 heterocycles. The Morgan fingerprint density at radius 1 is 0.917 bits per heavy atom. The number of alkyl halides is 3. The van der Waals surface area contributed by atoms with Gasteiger partial charge in [-0.15, -0.1) is 0 Å². The van der Waals surface area contributed by atoms with Crippen LogP contribution in [0.4, 0.5) is 13.2 Å². The first-order chi connectivity index (χ1) is 11.4. The summed E-state index contributed by atoms with van der Waals surface area (Å²) in [5.74, 6) is 0.988. The highest BCUT2D eigenvalue weighted by molar-refractivity contribution is 6.31. The first-order valence-corrected chi connectivity index (χ1v) is 7.37.